The number of fused-ring (bicyclic) bond motifs is 1. The Hall–Kier alpha value is -3.41. The maximum atomic E-state index is 14.4. The lowest BCUT2D eigenvalue weighted by atomic mass is 9.94. The van der Waals surface area contributed by atoms with Gasteiger partial charge in [0.2, 0.25) is 0 Å². The van der Waals surface area contributed by atoms with Gasteiger partial charge in [-0.05, 0) is 29.3 Å². The molecule has 2 aromatic heterocycles. The van der Waals surface area contributed by atoms with Crippen LogP contribution in [0, 0.1) is 5.82 Å². The number of nitrogens with zero attached hydrogens (tertiary/aromatic N) is 1. The van der Waals surface area contributed by atoms with Crippen LogP contribution in [-0.2, 0) is 6.18 Å². The van der Waals surface area contributed by atoms with Gasteiger partial charge in [-0.1, -0.05) is 43.0 Å². The van der Waals surface area contributed by atoms with Crippen LogP contribution < -0.4 is 0 Å². The summed E-state index contributed by atoms with van der Waals surface area (Å²) in [7, 11) is 0. The minimum absolute atomic E-state index is 0.0521. The third kappa shape index (κ3) is 3.07. The van der Waals surface area contributed by atoms with Crippen LogP contribution >= 0.6 is 0 Å². The van der Waals surface area contributed by atoms with E-state index in [4.69, 9.17) is 0 Å². The quantitative estimate of drug-likeness (QED) is 0.405. The van der Waals surface area contributed by atoms with Crippen LogP contribution in [0.4, 0.5) is 17.6 Å². The number of H-pyrrole nitrogens is 1. The number of pyridine rings is 1. The average Bonchev–Trinajstić information content (AvgIpc) is 3.10. The summed E-state index contributed by atoms with van der Waals surface area (Å²) in [5.74, 6) is -0.971. The Labute approximate surface area is 158 Å². The van der Waals surface area contributed by atoms with Gasteiger partial charge in [0.25, 0.3) is 0 Å². The molecule has 2 nitrogen and oxygen atoms in total. The summed E-state index contributed by atoms with van der Waals surface area (Å²) in [6.07, 6.45) is -1.52. The first kappa shape index (κ1) is 18.0. The van der Waals surface area contributed by atoms with Gasteiger partial charge in [-0.2, -0.15) is 13.2 Å². The smallest absolute Gasteiger partial charge is 0.346 e. The van der Waals surface area contributed by atoms with Crippen molar-refractivity contribution in [2.45, 2.75) is 6.18 Å². The van der Waals surface area contributed by atoms with Crippen molar-refractivity contribution in [3.8, 4) is 11.1 Å². The van der Waals surface area contributed by atoms with Gasteiger partial charge in [0.1, 0.15) is 11.5 Å². The molecule has 0 amide bonds. The SMILES string of the molecule is C=C(c1c(F)cccc1C(F)(F)F)c1c[nH]c2ncc(-c3ccccc3)cc12. The molecule has 140 valence electrons. The molecular formula is C22H14F4N2. The average molecular weight is 382 g/mol. The van der Waals surface area contributed by atoms with Crippen molar-refractivity contribution in [3.63, 3.8) is 0 Å². The van der Waals surface area contributed by atoms with Crippen molar-refractivity contribution in [2.75, 3.05) is 0 Å². The summed E-state index contributed by atoms with van der Waals surface area (Å²) >= 11 is 0. The molecule has 0 bridgehead atoms. The second-order valence-electron chi connectivity index (χ2n) is 6.33. The van der Waals surface area contributed by atoms with Gasteiger partial charge in [0.05, 0.1) is 5.56 Å². The van der Waals surface area contributed by atoms with Crippen LogP contribution in [0.3, 0.4) is 0 Å². The highest BCUT2D eigenvalue weighted by molar-refractivity contribution is 5.97. The van der Waals surface area contributed by atoms with Gasteiger partial charge < -0.3 is 4.98 Å². The second kappa shape index (κ2) is 6.64. The highest BCUT2D eigenvalue weighted by atomic mass is 19.4. The normalized spacial score (nSPS) is 11.7. The molecule has 0 fully saturated rings. The number of halogens is 4. The number of alkyl halides is 3. The van der Waals surface area contributed by atoms with Gasteiger partial charge in [-0.25, -0.2) is 9.37 Å². The van der Waals surface area contributed by atoms with Gasteiger partial charge >= 0.3 is 6.18 Å². The minimum Gasteiger partial charge on any atom is -0.346 e. The fraction of sp³-hybridized carbons (Fsp3) is 0.0455. The van der Waals surface area contributed by atoms with E-state index in [1.807, 2.05) is 36.4 Å². The van der Waals surface area contributed by atoms with Crippen LogP contribution in [0.2, 0.25) is 0 Å². The van der Waals surface area contributed by atoms with Crippen molar-refractivity contribution < 1.29 is 17.6 Å². The molecule has 0 aliphatic heterocycles. The van der Waals surface area contributed by atoms with Crippen molar-refractivity contribution in [1.29, 1.82) is 0 Å². The number of aromatic nitrogens is 2. The number of hydrogen-bond donors (Lipinski definition) is 1. The molecule has 6 heteroatoms. The second-order valence-corrected chi connectivity index (χ2v) is 6.33. The summed E-state index contributed by atoms with van der Waals surface area (Å²) in [5, 5.41) is 0.572. The van der Waals surface area contributed by atoms with Crippen LogP contribution in [0.25, 0.3) is 27.7 Å². The molecule has 0 radical (unpaired) electrons. The summed E-state index contributed by atoms with van der Waals surface area (Å²) in [6, 6.07) is 14.2. The maximum absolute atomic E-state index is 14.4. The lowest BCUT2D eigenvalue weighted by Crippen LogP contribution is -2.10. The van der Waals surface area contributed by atoms with Crippen LogP contribution in [0.15, 0.2) is 73.6 Å². The molecule has 4 rings (SSSR count). The molecule has 0 aliphatic carbocycles. The first-order chi connectivity index (χ1) is 13.4. The molecule has 0 unspecified atom stereocenters. The predicted molar refractivity (Wildman–Crippen MR) is 101 cm³/mol. The van der Waals surface area contributed by atoms with Gasteiger partial charge in [0, 0.05) is 34.5 Å². The van der Waals surface area contributed by atoms with E-state index < -0.39 is 23.1 Å². The summed E-state index contributed by atoms with van der Waals surface area (Å²) in [6.45, 7) is 3.77. The first-order valence-electron chi connectivity index (χ1n) is 8.44. The number of rotatable bonds is 3. The van der Waals surface area contributed by atoms with E-state index in [-0.39, 0.29) is 5.57 Å². The zero-order valence-corrected chi connectivity index (χ0v) is 14.5. The minimum atomic E-state index is -4.69. The van der Waals surface area contributed by atoms with E-state index in [0.717, 1.165) is 29.3 Å². The number of hydrogen-bond acceptors (Lipinski definition) is 1. The number of aromatic amines is 1. The maximum Gasteiger partial charge on any atom is 0.417 e. The van der Waals surface area contributed by atoms with Crippen LogP contribution in [-0.4, -0.2) is 9.97 Å². The van der Waals surface area contributed by atoms with E-state index in [1.165, 1.54) is 6.20 Å². The Morgan fingerprint density at radius 1 is 0.964 bits per heavy atom. The summed E-state index contributed by atoms with van der Waals surface area (Å²) in [5.41, 5.74) is 0.906. The monoisotopic (exact) mass is 382 g/mol. The Morgan fingerprint density at radius 2 is 1.71 bits per heavy atom. The van der Waals surface area contributed by atoms with E-state index >= 15 is 0 Å². The van der Waals surface area contributed by atoms with Gasteiger partial charge in [-0.15, -0.1) is 0 Å². The molecule has 2 aromatic carbocycles. The molecule has 0 atom stereocenters. The third-order valence-corrected chi connectivity index (χ3v) is 4.58. The van der Waals surface area contributed by atoms with Crippen molar-refractivity contribution in [2.24, 2.45) is 0 Å². The van der Waals surface area contributed by atoms with Crippen molar-refractivity contribution in [3.05, 3.63) is 96.1 Å². The summed E-state index contributed by atoms with van der Waals surface area (Å²) < 4.78 is 54.6. The van der Waals surface area contributed by atoms with Crippen molar-refractivity contribution >= 4 is 16.6 Å². The van der Waals surface area contributed by atoms with E-state index in [0.29, 0.717) is 16.6 Å². The Morgan fingerprint density at radius 3 is 2.43 bits per heavy atom. The molecule has 1 N–H and O–H groups in total. The number of benzene rings is 2. The van der Waals surface area contributed by atoms with E-state index in [1.54, 1.807) is 6.20 Å². The van der Waals surface area contributed by atoms with E-state index in [2.05, 4.69) is 16.5 Å². The fourth-order valence-electron chi connectivity index (χ4n) is 3.24. The Bertz CT molecular complexity index is 1170. The van der Waals surface area contributed by atoms with Crippen LogP contribution in [0.5, 0.6) is 0 Å². The first-order valence-corrected chi connectivity index (χ1v) is 8.44. The van der Waals surface area contributed by atoms with Gasteiger partial charge in [-0.3, -0.25) is 0 Å². The Balaban J connectivity index is 1.88. The van der Waals surface area contributed by atoms with E-state index in [9.17, 15) is 17.6 Å². The lowest BCUT2D eigenvalue weighted by molar-refractivity contribution is -0.138. The molecule has 4 aromatic rings. The third-order valence-electron chi connectivity index (χ3n) is 4.58. The molecule has 2 heterocycles. The van der Waals surface area contributed by atoms with Crippen LogP contribution in [0.1, 0.15) is 16.7 Å². The zero-order valence-electron chi connectivity index (χ0n) is 14.5. The molecule has 28 heavy (non-hydrogen) atoms. The predicted octanol–water partition coefficient (Wildman–Crippen LogP) is 6.45. The highest BCUT2D eigenvalue weighted by Gasteiger charge is 2.35. The highest BCUT2D eigenvalue weighted by Crippen LogP contribution is 2.39. The number of nitrogens with one attached hydrogen (secondary N) is 1. The fourth-order valence-corrected chi connectivity index (χ4v) is 3.24. The topological polar surface area (TPSA) is 28.7 Å². The molecule has 0 spiro atoms. The summed E-state index contributed by atoms with van der Waals surface area (Å²) in [4.78, 5) is 7.25. The standard InChI is InChI=1S/C22H14F4N2/c1-13(20-18(22(24,25)26)8-5-9-19(20)23)17-12-28-21-16(17)10-15(11-27-21)14-6-3-2-4-7-14/h2-12H,1H2,(H,27,28). The van der Waals surface area contributed by atoms with Gasteiger partial charge in [0.15, 0.2) is 0 Å². The van der Waals surface area contributed by atoms with Crippen molar-refractivity contribution in [1.82, 2.24) is 9.97 Å². The molecule has 0 aliphatic rings. The molecular weight excluding hydrogens is 368 g/mol. The Kier molecular flexibility index (Phi) is 4.26. The zero-order chi connectivity index (χ0) is 19.9. The largest absolute Gasteiger partial charge is 0.417 e. The molecule has 0 saturated carbocycles. The lowest BCUT2D eigenvalue weighted by Gasteiger charge is -2.15. The molecule has 0 saturated heterocycles.